The first-order valence-electron chi connectivity index (χ1n) is 3.35. The van der Waals surface area contributed by atoms with Crippen LogP contribution in [-0.4, -0.2) is 10.9 Å². The largest absolute Gasteiger partial charge is 0.366 e. The van der Waals surface area contributed by atoms with Crippen LogP contribution in [0.5, 0.6) is 0 Å². The first-order valence-corrected chi connectivity index (χ1v) is 3.35. The summed E-state index contributed by atoms with van der Waals surface area (Å²) in [7, 11) is 0. The summed E-state index contributed by atoms with van der Waals surface area (Å²) < 4.78 is 0. The molecule has 0 aliphatic rings. The zero-order chi connectivity index (χ0) is 8.97. The Labute approximate surface area is 68.7 Å². The molecule has 0 aliphatic carbocycles. The Kier molecular flexibility index (Phi) is 2.42. The number of amides is 1. The van der Waals surface area contributed by atoms with E-state index in [1.165, 1.54) is 24.4 Å². The van der Waals surface area contributed by atoms with E-state index in [-0.39, 0.29) is 5.56 Å². The Balaban J connectivity index is 2.84. The van der Waals surface area contributed by atoms with E-state index in [2.05, 4.69) is 4.98 Å². The lowest BCUT2D eigenvalue weighted by Gasteiger charge is -1.88. The zero-order valence-electron chi connectivity index (χ0n) is 6.28. The van der Waals surface area contributed by atoms with Gasteiger partial charge in [-0.1, -0.05) is 0 Å². The summed E-state index contributed by atoms with van der Waals surface area (Å²) in [6.07, 6.45) is 4.26. The lowest BCUT2D eigenvalue weighted by Crippen LogP contribution is -2.05. The highest BCUT2D eigenvalue weighted by atomic mass is 16.1. The smallest absolute Gasteiger partial charge is 0.247 e. The molecule has 12 heavy (non-hydrogen) atoms. The van der Waals surface area contributed by atoms with Gasteiger partial charge in [0.25, 0.3) is 0 Å². The SMILES string of the molecule is NC(=O)C=Cc1ccc(=O)[nH]c1. The van der Waals surface area contributed by atoms with Crippen molar-refractivity contribution in [3.05, 3.63) is 40.3 Å². The monoisotopic (exact) mass is 164 g/mol. The predicted molar refractivity (Wildman–Crippen MR) is 45.3 cm³/mol. The van der Waals surface area contributed by atoms with Gasteiger partial charge in [0, 0.05) is 18.3 Å². The maximum Gasteiger partial charge on any atom is 0.247 e. The number of pyridine rings is 1. The van der Waals surface area contributed by atoms with E-state index >= 15 is 0 Å². The van der Waals surface area contributed by atoms with E-state index in [4.69, 9.17) is 5.73 Å². The number of aromatic amines is 1. The Morgan fingerprint density at radius 2 is 2.25 bits per heavy atom. The number of hydrogen-bond acceptors (Lipinski definition) is 2. The van der Waals surface area contributed by atoms with Gasteiger partial charge in [-0.25, -0.2) is 0 Å². The van der Waals surface area contributed by atoms with Crippen molar-refractivity contribution in [3.8, 4) is 0 Å². The third kappa shape index (κ3) is 2.42. The fourth-order valence-corrected chi connectivity index (χ4v) is 0.705. The molecule has 1 heterocycles. The normalized spacial score (nSPS) is 10.3. The van der Waals surface area contributed by atoms with Crippen molar-refractivity contribution >= 4 is 12.0 Å². The van der Waals surface area contributed by atoms with Crippen LogP contribution in [0.2, 0.25) is 0 Å². The molecule has 1 amide bonds. The number of aromatic nitrogens is 1. The van der Waals surface area contributed by atoms with Gasteiger partial charge in [-0.2, -0.15) is 0 Å². The molecule has 0 fully saturated rings. The summed E-state index contributed by atoms with van der Waals surface area (Å²) in [5.74, 6) is -0.513. The van der Waals surface area contributed by atoms with Gasteiger partial charge >= 0.3 is 0 Å². The summed E-state index contributed by atoms with van der Waals surface area (Å²) >= 11 is 0. The molecule has 0 aliphatic heterocycles. The second-order valence-electron chi connectivity index (χ2n) is 2.22. The van der Waals surface area contributed by atoms with Crippen LogP contribution in [0.3, 0.4) is 0 Å². The lowest BCUT2D eigenvalue weighted by molar-refractivity contribution is -0.113. The van der Waals surface area contributed by atoms with Crippen molar-refractivity contribution in [2.24, 2.45) is 5.73 Å². The molecule has 0 bridgehead atoms. The standard InChI is InChI=1S/C8H8N2O2/c9-7(11)3-1-6-2-4-8(12)10-5-6/h1-5H,(H2,9,11)(H,10,12). The summed E-state index contributed by atoms with van der Waals surface area (Å²) in [6.45, 7) is 0. The van der Waals surface area contributed by atoms with Crippen molar-refractivity contribution in [1.29, 1.82) is 0 Å². The highest BCUT2D eigenvalue weighted by Gasteiger charge is 1.87. The van der Waals surface area contributed by atoms with Crippen LogP contribution >= 0.6 is 0 Å². The van der Waals surface area contributed by atoms with Crippen molar-refractivity contribution in [2.45, 2.75) is 0 Å². The number of carbonyl (C=O) groups excluding carboxylic acids is 1. The molecule has 0 spiro atoms. The molecule has 0 atom stereocenters. The van der Waals surface area contributed by atoms with Crippen molar-refractivity contribution in [3.63, 3.8) is 0 Å². The maximum atomic E-state index is 10.6. The fourth-order valence-electron chi connectivity index (χ4n) is 0.705. The van der Waals surface area contributed by atoms with Crippen LogP contribution in [0.25, 0.3) is 6.08 Å². The van der Waals surface area contributed by atoms with E-state index < -0.39 is 5.91 Å². The molecule has 0 saturated heterocycles. The minimum atomic E-state index is -0.513. The number of rotatable bonds is 2. The van der Waals surface area contributed by atoms with Crippen molar-refractivity contribution < 1.29 is 4.79 Å². The van der Waals surface area contributed by atoms with Crippen LogP contribution in [0.4, 0.5) is 0 Å². The molecule has 0 saturated carbocycles. The van der Waals surface area contributed by atoms with Gasteiger partial charge in [0.2, 0.25) is 11.5 Å². The number of primary amides is 1. The number of nitrogens with two attached hydrogens (primary N) is 1. The van der Waals surface area contributed by atoms with Gasteiger partial charge < -0.3 is 10.7 Å². The van der Waals surface area contributed by atoms with Crippen LogP contribution in [0.15, 0.2) is 29.2 Å². The molecule has 4 heteroatoms. The van der Waals surface area contributed by atoms with E-state index in [1.807, 2.05) is 0 Å². The van der Waals surface area contributed by atoms with Crippen LogP contribution in [-0.2, 0) is 4.79 Å². The van der Waals surface area contributed by atoms with Gasteiger partial charge in [-0.3, -0.25) is 9.59 Å². The van der Waals surface area contributed by atoms with E-state index in [9.17, 15) is 9.59 Å². The Morgan fingerprint density at radius 3 is 2.75 bits per heavy atom. The zero-order valence-corrected chi connectivity index (χ0v) is 6.28. The fraction of sp³-hybridized carbons (Fsp3) is 0. The number of nitrogens with one attached hydrogen (secondary N) is 1. The highest BCUT2D eigenvalue weighted by molar-refractivity contribution is 5.90. The topological polar surface area (TPSA) is 76.0 Å². The van der Waals surface area contributed by atoms with Gasteiger partial charge in [-0.05, 0) is 17.7 Å². The van der Waals surface area contributed by atoms with E-state index in [0.29, 0.717) is 0 Å². The third-order valence-electron chi connectivity index (χ3n) is 1.25. The summed E-state index contributed by atoms with van der Waals surface area (Å²) in [4.78, 5) is 23.4. The molecule has 62 valence electrons. The maximum absolute atomic E-state index is 10.6. The lowest BCUT2D eigenvalue weighted by atomic mass is 10.2. The molecular formula is C8H8N2O2. The second-order valence-corrected chi connectivity index (χ2v) is 2.22. The van der Waals surface area contributed by atoms with Crippen LogP contribution in [0.1, 0.15) is 5.56 Å². The number of H-pyrrole nitrogens is 1. The molecule has 1 aromatic heterocycles. The van der Waals surface area contributed by atoms with Crippen LogP contribution < -0.4 is 11.3 Å². The Bertz CT molecular complexity index is 345. The summed E-state index contributed by atoms with van der Waals surface area (Å²) in [5.41, 5.74) is 5.43. The molecule has 1 aromatic rings. The summed E-state index contributed by atoms with van der Waals surface area (Å²) in [5, 5.41) is 0. The average molecular weight is 164 g/mol. The summed E-state index contributed by atoms with van der Waals surface area (Å²) in [6, 6.07) is 2.97. The molecule has 0 radical (unpaired) electrons. The third-order valence-corrected chi connectivity index (χ3v) is 1.25. The molecule has 1 rings (SSSR count). The number of carbonyl (C=O) groups is 1. The van der Waals surface area contributed by atoms with Gasteiger partial charge in [0.1, 0.15) is 0 Å². The average Bonchev–Trinajstić information content (AvgIpc) is 2.03. The molecule has 0 aromatic carbocycles. The van der Waals surface area contributed by atoms with Crippen molar-refractivity contribution in [1.82, 2.24) is 4.98 Å². The quantitative estimate of drug-likeness (QED) is 0.597. The van der Waals surface area contributed by atoms with Crippen LogP contribution in [0, 0.1) is 0 Å². The molecular weight excluding hydrogens is 156 g/mol. The Hall–Kier alpha value is -1.84. The first-order chi connectivity index (χ1) is 5.68. The highest BCUT2D eigenvalue weighted by Crippen LogP contribution is 1.95. The van der Waals surface area contributed by atoms with E-state index in [0.717, 1.165) is 5.56 Å². The predicted octanol–water partition coefficient (Wildman–Crippen LogP) is -0.127. The van der Waals surface area contributed by atoms with Gasteiger partial charge in [-0.15, -0.1) is 0 Å². The molecule has 4 nitrogen and oxygen atoms in total. The number of hydrogen-bond donors (Lipinski definition) is 2. The van der Waals surface area contributed by atoms with E-state index in [1.54, 1.807) is 6.07 Å². The second kappa shape index (κ2) is 3.52. The first kappa shape index (κ1) is 8.26. The van der Waals surface area contributed by atoms with Gasteiger partial charge in [0.05, 0.1) is 0 Å². The molecule has 0 unspecified atom stereocenters. The Morgan fingerprint density at radius 1 is 1.50 bits per heavy atom. The molecule has 3 N–H and O–H groups in total. The minimum Gasteiger partial charge on any atom is -0.366 e. The minimum absolute atomic E-state index is 0.175. The van der Waals surface area contributed by atoms with Crippen molar-refractivity contribution in [2.75, 3.05) is 0 Å². The van der Waals surface area contributed by atoms with Gasteiger partial charge in [0.15, 0.2) is 0 Å².